The Morgan fingerprint density at radius 1 is 0.765 bits per heavy atom. The average molecular weight is 307 g/mol. The van der Waals surface area contributed by atoms with Crippen molar-refractivity contribution in [2.75, 3.05) is 5.73 Å². The molecule has 0 radical (unpaired) electrons. The summed E-state index contributed by atoms with van der Waals surface area (Å²) >= 11 is 24.2. The van der Waals surface area contributed by atoms with E-state index in [1.807, 2.05) is 0 Å². The molecule has 2 aromatic carbocycles. The van der Waals surface area contributed by atoms with Gasteiger partial charge in [0.05, 0.1) is 10.0 Å². The lowest BCUT2D eigenvalue weighted by molar-refractivity contribution is 1.61. The fourth-order valence-corrected chi connectivity index (χ4v) is 2.77. The van der Waals surface area contributed by atoms with E-state index in [0.717, 1.165) is 0 Å². The lowest BCUT2D eigenvalue weighted by atomic mass is 10.0. The molecule has 0 saturated carbocycles. The van der Waals surface area contributed by atoms with Gasteiger partial charge in [-0.05, 0) is 30.3 Å². The molecule has 0 aliphatic rings. The first-order chi connectivity index (χ1) is 7.99. The molecule has 2 rings (SSSR count). The number of nitrogens with two attached hydrogens (primary N) is 1. The van der Waals surface area contributed by atoms with Gasteiger partial charge in [0.15, 0.2) is 0 Å². The van der Waals surface area contributed by atoms with Crippen LogP contribution < -0.4 is 5.73 Å². The second kappa shape index (κ2) is 4.95. The van der Waals surface area contributed by atoms with Gasteiger partial charge in [-0.1, -0.05) is 46.4 Å². The molecule has 2 aromatic rings. The molecule has 0 unspecified atom stereocenters. The van der Waals surface area contributed by atoms with Gasteiger partial charge >= 0.3 is 0 Å². The predicted octanol–water partition coefficient (Wildman–Crippen LogP) is 5.55. The number of hydrogen-bond acceptors (Lipinski definition) is 1. The minimum Gasteiger partial charge on any atom is -0.399 e. The summed E-state index contributed by atoms with van der Waals surface area (Å²) in [5.74, 6) is 0. The molecule has 0 atom stereocenters. The summed E-state index contributed by atoms with van der Waals surface area (Å²) in [7, 11) is 0. The Morgan fingerprint density at radius 3 is 1.94 bits per heavy atom. The summed E-state index contributed by atoms with van der Waals surface area (Å²) in [5, 5.41) is 1.89. The fraction of sp³-hybridized carbons (Fsp3) is 0. The third-order valence-corrected chi connectivity index (χ3v) is 3.41. The van der Waals surface area contributed by atoms with E-state index in [-0.39, 0.29) is 0 Å². The van der Waals surface area contributed by atoms with Crippen LogP contribution in [-0.4, -0.2) is 0 Å². The maximum absolute atomic E-state index is 6.13. The first-order valence-electron chi connectivity index (χ1n) is 4.69. The van der Waals surface area contributed by atoms with Crippen LogP contribution in [0.4, 0.5) is 5.69 Å². The molecule has 1 nitrogen and oxygen atoms in total. The van der Waals surface area contributed by atoms with Gasteiger partial charge in [-0.25, -0.2) is 0 Å². The van der Waals surface area contributed by atoms with E-state index < -0.39 is 0 Å². The molecule has 0 fully saturated rings. The van der Waals surface area contributed by atoms with Crippen LogP contribution in [0, 0.1) is 0 Å². The third kappa shape index (κ3) is 2.63. The molecule has 17 heavy (non-hydrogen) atoms. The number of nitrogen functional groups attached to an aromatic ring is 1. The predicted molar refractivity (Wildman–Crippen MR) is 76.3 cm³/mol. The monoisotopic (exact) mass is 305 g/mol. The fourth-order valence-electron chi connectivity index (χ4n) is 1.53. The molecule has 0 heterocycles. The van der Waals surface area contributed by atoms with Crippen molar-refractivity contribution in [3.8, 4) is 11.1 Å². The van der Waals surface area contributed by atoms with E-state index in [4.69, 9.17) is 52.1 Å². The number of rotatable bonds is 1. The molecule has 0 aliphatic carbocycles. The van der Waals surface area contributed by atoms with E-state index in [0.29, 0.717) is 36.9 Å². The van der Waals surface area contributed by atoms with Crippen LogP contribution in [-0.2, 0) is 0 Å². The Balaban J connectivity index is 2.72. The minimum absolute atomic E-state index is 0.440. The SMILES string of the molecule is Nc1ccc(Cl)c(-c2c(Cl)cc(Cl)cc2Cl)c1. The lowest BCUT2D eigenvalue weighted by Gasteiger charge is -2.10. The van der Waals surface area contributed by atoms with E-state index in [2.05, 4.69) is 0 Å². The van der Waals surface area contributed by atoms with Crippen LogP contribution >= 0.6 is 46.4 Å². The van der Waals surface area contributed by atoms with Crippen molar-refractivity contribution >= 4 is 52.1 Å². The maximum Gasteiger partial charge on any atom is 0.0514 e. The van der Waals surface area contributed by atoms with Crippen LogP contribution in [0.25, 0.3) is 11.1 Å². The molecule has 88 valence electrons. The molecule has 0 amide bonds. The van der Waals surface area contributed by atoms with Gasteiger partial charge in [0.1, 0.15) is 0 Å². The van der Waals surface area contributed by atoms with Gasteiger partial charge in [-0.2, -0.15) is 0 Å². The van der Waals surface area contributed by atoms with Crippen molar-refractivity contribution in [3.63, 3.8) is 0 Å². The highest BCUT2D eigenvalue weighted by Gasteiger charge is 2.13. The zero-order chi connectivity index (χ0) is 12.6. The maximum atomic E-state index is 6.13. The Kier molecular flexibility index (Phi) is 3.74. The molecular weight excluding hydrogens is 300 g/mol. The molecule has 2 N–H and O–H groups in total. The molecule has 0 bridgehead atoms. The number of anilines is 1. The normalized spacial score (nSPS) is 10.6. The Hall–Kier alpha value is -0.600. The van der Waals surface area contributed by atoms with Gasteiger partial charge < -0.3 is 5.73 Å². The second-order valence-electron chi connectivity index (χ2n) is 3.48. The highest BCUT2D eigenvalue weighted by molar-refractivity contribution is 6.43. The van der Waals surface area contributed by atoms with E-state index in [1.165, 1.54) is 0 Å². The van der Waals surface area contributed by atoms with Crippen LogP contribution in [0.3, 0.4) is 0 Å². The zero-order valence-corrected chi connectivity index (χ0v) is 11.5. The number of benzene rings is 2. The Morgan fingerprint density at radius 2 is 1.35 bits per heavy atom. The van der Waals surface area contributed by atoms with E-state index in [1.54, 1.807) is 30.3 Å². The molecule has 0 saturated heterocycles. The zero-order valence-electron chi connectivity index (χ0n) is 8.48. The Labute approximate surface area is 119 Å². The smallest absolute Gasteiger partial charge is 0.0514 e. The quantitative estimate of drug-likeness (QED) is 0.687. The van der Waals surface area contributed by atoms with Crippen LogP contribution in [0.5, 0.6) is 0 Å². The van der Waals surface area contributed by atoms with Gasteiger partial charge in [0.2, 0.25) is 0 Å². The lowest BCUT2D eigenvalue weighted by Crippen LogP contribution is -1.88. The average Bonchev–Trinajstić information content (AvgIpc) is 2.21. The first kappa shape index (κ1) is 12.8. The van der Waals surface area contributed by atoms with Crippen molar-refractivity contribution in [2.24, 2.45) is 0 Å². The molecular formula is C12H7Cl4N. The Bertz CT molecular complexity index is 558. The van der Waals surface area contributed by atoms with Crippen LogP contribution in [0.1, 0.15) is 0 Å². The first-order valence-corrected chi connectivity index (χ1v) is 6.20. The third-order valence-electron chi connectivity index (χ3n) is 2.27. The van der Waals surface area contributed by atoms with Gasteiger partial charge in [0.25, 0.3) is 0 Å². The standard InChI is InChI=1S/C12H7Cl4N/c13-6-3-10(15)12(11(16)4-6)8-5-7(17)1-2-9(8)14/h1-5H,17H2. The minimum atomic E-state index is 0.440. The summed E-state index contributed by atoms with van der Waals surface area (Å²) in [6, 6.07) is 8.37. The van der Waals surface area contributed by atoms with Gasteiger partial charge in [0, 0.05) is 26.9 Å². The van der Waals surface area contributed by atoms with Gasteiger partial charge in [-0.3, -0.25) is 0 Å². The second-order valence-corrected chi connectivity index (χ2v) is 5.14. The highest BCUT2D eigenvalue weighted by Crippen LogP contribution is 2.40. The van der Waals surface area contributed by atoms with Crippen LogP contribution in [0.2, 0.25) is 20.1 Å². The van der Waals surface area contributed by atoms with Crippen molar-refractivity contribution in [1.82, 2.24) is 0 Å². The topological polar surface area (TPSA) is 26.0 Å². The summed E-state index contributed by atoms with van der Waals surface area (Å²) in [6.45, 7) is 0. The largest absolute Gasteiger partial charge is 0.399 e. The summed E-state index contributed by atoms with van der Waals surface area (Å²) < 4.78 is 0. The number of halogens is 4. The summed E-state index contributed by atoms with van der Waals surface area (Å²) in [4.78, 5) is 0. The summed E-state index contributed by atoms with van der Waals surface area (Å²) in [5.41, 5.74) is 7.64. The van der Waals surface area contributed by atoms with E-state index in [9.17, 15) is 0 Å². The van der Waals surface area contributed by atoms with Crippen molar-refractivity contribution in [1.29, 1.82) is 0 Å². The molecule has 0 aliphatic heterocycles. The molecule has 0 spiro atoms. The highest BCUT2D eigenvalue weighted by atomic mass is 35.5. The summed E-state index contributed by atoms with van der Waals surface area (Å²) in [6.07, 6.45) is 0. The molecule has 5 heteroatoms. The van der Waals surface area contributed by atoms with Crippen molar-refractivity contribution < 1.29 is 0 Å². The van der Waals surface area contributed by atoms with Crippen molar-refractivity contribution in [2.45, 2.75) is 0 Å². The number of hydrogen-bond donors (Lipinski definition) is 1. The molecule has 0 aromatic heterocycles. The van der Waals surface area contributed by atoms with Gasteiger partial charge in [-0.15, -0.1) is 0 Å². The van der Waals surface area contributed by atoms with E-state index >= 15 is 0 Å². The van der Waals surface area contributed by atoms with Crippen LogP contribution in [0.15, 0.2) is 30.3 Å². The van der Waals surface area contributed by atoms with Crippen molar-refractivity contribution in [3.05, 3.63) is 50.4 Å².